The van der Waals surface area contributed by atoms with Crippen molar-refractivity contribution in [2.45, 2.75) is 64.2 Å². The molecule has 130 valence electrons. The van der Waals surface area contributed by atoms with Gasteiger partial charge in [-0.3, -0.25) is 0 Å². The van der Waals surface area contributed by atoms with Crippen LogP contribution in [0.15, 0.2) is 29.5 Å². The van der Waals surface area contributed by atoms with E-state index < -0.39 is 0 Å². The second-order valence-electron chi connectivity index (χ2n) is 6.74. The van der Waals surface area contributed by atoms with Crippen molar-refractivity contribution in [2.75, 3.05) is 23.7 Å². The quantitative estimate of drug-likeness (QED) is 0.689. The summed E-state index contributed by atoms with van der Waals surface area (Å²) in [6.07, 6.45) is 19.0. The van der Waals surface area contributed by atoms with E-state index in [9.17, 15) is 0 Å². The van der Waals surface area contributed by atoms with Crippen LogP contribution < -0.4 is 10.6 Å². The van der Waals surface area contributed by atoms with E-state index in [1.807, 2.05) is 0 Å². The van der Waals surface area contributed by atoms with Crippen LogP contribution in [0.2, 0.25) is 0 Å². The maximum atomic E-state index is 4.50. The van der Waals surface area contributed by atoms with Crippen molar-refractivity contribution in [3.8, 4) is 0 Å². The number of nitrogens with one attached hydrogen (secondary N) is 2. The maximum absolute atomic E-state index is 4.50. The third-order valence-corrected chi connectivity index (χ3v) is 4.81. The predicted octanol–water partition coefficient (Wildman–Crippen LogP) is 4.48. The van der Waals surface area contributed by atoms with Gasteiger partial charge in [0.05, 0.1) is 6.20 Å². The fourth-order valence-electron chi connectivity index (χ4n) is 3.41. The molecule has 2 N–H and O–H groups in total. The van der Waals surface area contributed by atoms with Crippen LogP contribution in [0.5, 0.6) is 0 Å². The van der Waals surface area contributed by atoms with Gasteiger partial charge in [0, 0.05) is 13.1 Å². The second-order valence-corrected chi connectivity index (χ2v) is 6.74. The van der Waals surface area contributed by atoms with Gasteiger partial charge in [-0.25, -0.2) is 0 Å². The Morgan fingerprint density at radius 1 is 0.833 bits per heavy atom. The Morgan fingerprint density at radius 3 is 2.12 bits per heavy atom. The molecule has 24 heavy (non-hydrogen) atoms. The Hall–Kier alpha value is -1.91. The highest BCUT2D eigenvalue weighted by atomic mass is 15.3. The molecule has 0 atom stereocenters. The van der Waals surface area contributed by atoms with Crippen LogP contribution in [0.4, 0.5) is 11.8 Å². The number of hydrogen-bond acceptors (Lipinski definition) is 5. The van der Waals surface area contributed by atoms with Gasteiger partial charge < -0.3 is 10.6 Å². The highest BCUT2D eigenvalue weighted by Crippen LogP contribution is 2.21. The molecule has 0 spiro atoms. The van der Waals surface area contributed by atoms with Crippen molar-refractivity contribution in [3.63, 3.8) is 0 Å². The zero-order valence-electron chi connectivity index (χ0n) is 14.6. The summed E-state index contributed by atoms with van der Waals surface area (Å²) in [6, 6.07) is 0. The lowest BCUT2D eigenvalue weighted by Crippen LogP contribution is -2.11. The lowest BCUT2D eigenvalue weighted by Gasteiger charge is -2.14. The van der Waals surface area contributed by atoms with Crippen LogP contribution >= 0.6 is 0 Å². The topological polar surface area (TPSA) is 62.7 Å². The SMILES string of the molecule is C1=C(CCNc2cnnc(NCCC3=CCCCC3)n2)CCCC1. The third kappa shape index (κ3) is 5.62. The molecule has 2 aliphatic rings. The maximum Gasteiger partial charge on any atom is 0.244 e. The monoisotopic (exact) mass is 327 g/mol. The van der Waals surface area contributed by atoms with Gasteiger partial charge in [0.1, 0.15) is 0 Å². The van der Waals surface area contributed by atoms with E-state index >= 15 is 0 Å². The Labute approximate surface area is 145 Å². The van der Waals surface area contributed by atoms with E-state index in [0.717, 1.165) is 31.7 Å². The van der Waals surface area contributed by atoms with Crippen molar-refractivity contribution in [2.24, 2.45) is 0 Å². The van der Waals surface area contributed by atoms with Gasteiger partial charge in [-0.05, 0) is 64.2 Å². The molecule has 3 rings (SSSR count). The zero-order valence-corrected chi connectivity index (χ0v) is 14.6. The van der Waals surface area contributed by atoms with Crippen molar-refractivity contribution < 1.29 is 0 Å². The molecular formula is C19H29N5. The summed E-state index contributed by atoms with van der Waals surface area (Å²) < 4.78 is 0. The minimum atomic E-state index is 0.619. The predicted molar refractivity (Wildman–Crippen MR) is 99.1 cm³/mol. The summed E-state index contributed by atoms with van der Waals surface area (Å²) >= 11 is 0. The average molecular weight is 327 g/mol. The Balaban J connectivity index is 1.40. The molecule has 0 bridgehead atoms. The molecule has 2 aliphatic carbocycles. The van der Waals surface area contributed by atoms with E-state index in [0.29, 0.717) is 5.95 Å². The van der Waals surface area contributed by atoms with Crippen LogP contribution in [-0.4, -0.2) is 28.3 Å². The Morgan fingerprint density at radius 2 is 1.50 bits per heavy atom. The van der Waals surface area contributed by atoms with Gasteiger partial charge in [0.2, 0.25) is 5.95 Å². The molecule has 0 radical (unpaired) electrons. The highest BCUT2D eigenvalue weighted by molar-refractivity contribution is 5.37. The zero-order chi connectivity index (χ0) is 16.5. The summed E-state index contributed by atoms with van der Waals surface area (Å²) in [5, 5.41) is 14.8. The van der Waals surface area contributed by atoms with E-state index in [1.54, 1.807) is 17.3 Å². The first-order valence-electron chi connectivity index (χ1n) is 9.43. The van der Waals surface area contributed by atoms with Crippen LogP contribution in [0.25, 0.3) is 0 Å². The Bertz CT molecular complexity index is 532. The van der Waals surface area contributed by atoms with Gasteiger partial charge in [0.25, 0.3) is 0 Å². The molecular weight excluding hydrogens is 298 g/mol. The fourth-order valence-corrected chi connectivity index (χ4v) is 3.41. The molecule has 5 heteroatoms. The first kappa shape index (κ1) is 16.9. The van der Waals surface area contributed by atoms with E-state index in [4.69, 9.17) is 0 Å². The lowest BCUT2D eigenvalue weighted by atomic mass is 9.97. The number of aromatic nitrogens is 3. The van der Waals surface area contributed by atoms with Crippen LogP contribution in [0.3, 0.4) is 0 Å². The molecule has 0 amide bonds. The van der Waals surface area contributed by atoms with Crippen molar-refractivity contribution in [3.05, 3.63) is 29.5 Å². The van der Waals surface area contributed by atoms with Gasteiger partial charge in [-0.15, -0.1) is 5.10 Å². The molecule has 0 aromatic carbocycles. The van der Waals surface area contributed by atoms with E-state index in [1.165, 1.54) is 51.4 Å². The summed E-state index contributed by atoms with van der Waals surface area (Å²) in [5.41, 5.74) is 3.15. The van der Waals surface area contributed by atoms with Gasteiger partial charge >= 0.3 is 0 Å². The highest BCUT2D eigenvalue weighted by Gasteiger charge is 2.06. The van der Waals surface area contributed by atoms with Gasteiger partial charge in [-0.2, -0.15) is 10.1 Å². The van der Waals surface area contributed by atoms with Crippen molar-refractivity contribution >= 4 is 11.8 Å². The van der Waals surface area contributed by atoms with Gasteiger partial charge in [-0.1, -0.05) is 23.3 Å². The van der Waals surface area contributed by atoms with Gasteiger partial charge in [0.15, 0.2) is 5.82 Å². The first-order valence-corrected chi connectivity index (χ1v) is 9.43. The normalized spacial score (nSPS) is 17.8. The van der Waals surface area contributed by atoms with Crippen molar-refractivity contribution in [1.82, 2.24) is 15.2 Å². The smallest absolute Gasteiger partial charge is 0.244 e. The second kappa shape index (κ2) is 9.40. The van der Waals surface area contributed by atoms with E-state index in [-0.39, 0.29) is 0 Å². The molecule has 0 fully saturated rings. The summed E-state index contributed by atoms with van der Waals surface area (Å²) in [4.78, 5) is 4.50. The van der Waals surface area contributed by atoms with Crippen LogP contribution in [0.1, 0.15) is 64.2 Å². The molecule has 1 aromatic rings. The molecule has 0 saturated heterocycles. The number of allylic oxidation sites excluding steroid dienone is 2. The third-order valence-electron chi connectivity index (χ3n) is 4.81. The summed E-state index contributed by atoms with van der Waals surface area (Å²) in [5.74, 6) is 1.43. The molecule has 1 aromatic heterocycles. The summed E-state index contributed by atoms with van der Waals surface area (Å²) in [6.45, 7) is 1.79. The molecule has 0 saturated carbocycles. The molecule has 5 nitrogen and oxygen atoms in total. The minimum absolute atomic E-state index is 0.619. The Kier molecular flexibility index (Phi) is 6.63. The number of hydrogen-bond donors (Lipinski definition) is 2. The van der Waals surface area contributed by atoms with Crippen molar-refractivity contribution in [1.29, 1.82) is 0 Å². The molecule has 0 aliphatic heterocycles. The lowest BCUT2D eigenvalue weighted by molar-refractivity contribution is 0.678. The van der Waals surface area contributed by atoms with Crippen LogP contribution in [0, 0.1) is 0 Å². The average Bonchev–Trinajstić information content (AvgIpc) is 2.64. The number of rotatable bonds is 8. The molecule has 1 heterocycles. The number of nitrogens with zero attached hydrogens (tertiary/aromatic N) is 3. The number of anilines is 2. The summed E-state index contributed by atoms with van der Waals surface area (Å²) in [7, 11) is 0. The standard InChI is InChI=1S/C19H29N5/c1-3-7-16(8-4-1)11-13-20-18-15-22-24-19(23-18)21-14-12-17-9-5-2-6-10-17/h7,9,15H,1-6,8,10-14H2,(H2,20,21,23,24). The van der Waals surface area contributed by atoms with Crippen LogP contribution in [-0.2, 0) is 0 Å². The fraction of sp³-hybridized carbons (Fsp3) is 0.632. The minimum Gasteiger partial charge on any atom is -0.368 e. The largest absolute Gasteiger partial charge is 0.368 e. The molecule has 0 unspecified atom stereocenters. The first-order chi connectivity index (χ1) is 11.9. The van der Waals surface area contributed by atoms with E-state index in [2.05, 4.69) is 38.0 Å².